The van der Waals surface area contributed by atoms with E-state index in [-0.39, 0.29) is 6.61 Å². The molecule has 19 heavy (non-hydrogen) atoms. The lowest BCUT2D eigenvalue weighted by molar-refractivity contribution is 0.281. The molecule has 0 radical (unpaired) electrons. The first kappa shape index (κ1) is 11.7. The third-order valence-corrected chi connectivity index (χ3v) is 3.22. The summed E-state index contributed by atoms with van der Waals surface area (Å²) in [7, 11) is 0. The van der Waals surface area contributed by atoms with Gasteiger partial charge in [0.2, 0.25) is 0 Å². The van der Waals surface area contributed by atoms with Gasteiger partial charge >= 0.3 is 0 Å². The summed E-state index contributed by atoms with van der Waals surface area (Å²) in [5.41, 5.74) is 10.7. The van der Waals surface area contributed by atoms with Crippen molar-refractivity contribution in [1.29, 1.82) is 0 Å². The smallest absolute Gasteiger partial charge is 0.139 e. The zero-order valence-electron chi connectivity index (χ0n) is 10.7. The number of imidazole rings is 1. The predicted octanol–water partition coefficient (Wildman–Crippen LogP) is 2.38. The van der Waals surface area contributed by atoms with E-state index in [0.717, 1.165) is 22.5 Å². The summed E-state index contributed by atoms with van der Waals surface area (Å²) in [4.78, 5) is 4.54. The summed E-state index contributed by atoms with van der Waals surface area (Å²) >= 11 is 0. The average Bonchev–Trinajstić information content (AvgIpc) is 2.76. The molecule has 4 nitrogen and oxygen atoms in total. The molecule has 0 saturated heterocycles. The molecule has 0 bridgehead atoms. The fourth-order valence-electron chi connectivity index (χ4n) is 2.12. The van der Waals surface area contributed by atoms with Crippen LogP contribution in [0.4, 0.5) is 5.82 Å². The van der Waals surface area contributed by atoms with Gasteiger partial charge in [-0.3, -0.25) is 4.40 Å². The quantitative estimate of drug-likeness (QED) is 0.737. The Morgan fingerprint density at radius 3 is 2.58 bits per heavy atom. The largest absolute Gasteiger partial charge is 0.392 e. The number of nitrogen functional groups attached to an aromatic ring is 1. The number of aryl methyl sites for hydroxylation is 1. The first-order valence-corrected chi connectivity index (χ1v) is 6.13. The standard InChI is InChI=1S/C15H15N3O/c1-10-2-5-12(6-3-10)14-15(16)18-8-11(9-19)4-7-13(18)17-14/h2-8,19H,9,16H2,1H3. The van der Waals surface area contributed by atoms with Crippen LogP contribution in [0.5, 0.6) is 0 Å². The van der Waals surface area contributed by atoms with Crippen LogP contribution < -0.4 is 5.73 Å². The molecule has 0 spiro atoms. The van der Waals surface area contributed by atoms with Crippen molar-refractivity contribution in [2.45, 2.75) is 13.5 Å². The van der Waals surface area contributed by atoms with Crippen molar-refractivity contribution in [3.8, 4) is 11.3 Å². The van der Waals surface area contributed by atoms with Crippen LogP contribution >= 0.6 is 0 Å². The van der Waals surface area contributed by atoms with Crippen molar-refractivity contribution in [3.63, 3.8) is 0 Å². The van der Waals surface area contributed by atoms with E-state index < -0.39 is 0 Å². The Morgan fingerprint density at radius 1 is 1.16 bits per heavy atom. The topological polar surface area (TPSA) is 63.5 Å². The number of hydrogen-bond acceptors (Lipinski definition) is 3. The Morgan fingerprint density at radius 2 is 1.89 bits per heavy atom. The zero-order chi connectivity index (χ0) is 13.4. The Bertz CT molecular complexity index is 729. The highest BCUT2D eigenvalue weighted by Gasteiger charge is 2.11. The van der Waals surface area contributed by atoms with Crippen molar-refractivity contribution < 1.29 is 5.11 Å². The number of hydrogen-bond donors (Lipinski definition) is 2. The highest BCUT2D eigenvalue weighted by atomic mass is 16.3. The maximum atomic E-state index is 9.17. The highest BCUT2D eigenvalue weighted by Crippen LogP contribution is 2.26. The highest BCUT2D eigenvalue weighted by molar-refractivity contribution is 5.75. The van der Waals surface area contributed by atoms with Gasteiger partial charge in [-0.1, -0.05) is 35.9 Å². The molecule has 3 N–H and O–H groups in total. The van der Waals surface area contributed by atoms with E-state index in [2.05, 4.69) is 4.98 Å². The molecule has 0 saturated carbocycles. The van der Waals surface area contributed by atoms with Crippen molar-refractivity contribution in [2.75, 3.05) is 5.73 Å². The number of rotatable bonds is 2. The predicted molar refractivity (Wildman–Crippen MR) is 75.7 cm³/mol. The summed E-state index contributed by atoms with van der Waals surface area (Å²) in [5.74, 6) is 0.592. The third-order valence-electron chi connectivity index (χ3n) is 3.22. The fourth-order valence-corrected chi connectivity index (χ4v) is 2.12. The normalized spacial score (nSPS) is 11.1. The molecule has 4 heteroatoms. The Kier molecular flexibility index (Phi) is 2.72. The van der Waals surface area contributed by atoms with E-state index in [1.54, 1.807) is 4.40 Å². The monoisotopic (exact) mass is 253 g/mol. The summed E-state index contributed by atoms with van der Waals surface area (Å²) in [6.45, 7) is 2.04. The maximum Gasteiger partial charge on any atom is 0.139 e. The van der Waals surface area contributed by atoms with Gasteiger partial charge in [-0.05, 0) is 18.6 Å². The van der Waals surface area contributed by atoms with Crippen LogP contribution in [0.2, 0.25) is 0 Å². The number of anilines is 1. The van der Waals surface area contributed by atoms with Crippen molar-refractivity contribution >= 4 is 11.5 Å². The van der Waals surface area contributed by atoms with Gasteiger partial charge in [0.05, 0.1) is 6.61 Å². The van der Waals surface area contributed by atoms with Crippen LogP contribution in [0.3, 0.4) is 0 Å². The number of aliphatic hydroxyl groups is 1. The lowest BCUT2D eigenvalue weighted by Crippen LogP contribution is -1.96. The van der Waals surface area contributed by atoms with Crippen LogP contribution in [0, 0.1) is 6.92 Å². The molecule has 96 valence electrons. The van der Waals surface area contributed by atoms with Gasteiger partial charge in [-0.25, -0.2) is 4.98 Å². The minimum atomic E-state index is -0.00652. The lowest BCUT2D eigenvalue weighted by atomic mass is 10.1. The zero-order valence-corrected chi connectivity index (χ0v) is 10.7. The van der Waals surface area contributed by atoms with Crippen molar-refractivity contribution in [2.24, 2.45) is 0 Å². The summed E-state index contributed by atoms with van der Waals surface area (Å²) in [6, 6.07) is 11.8. The number of benzene rings is 1. The van der Waals surface area contributed by atoms with Crippen LogP contribution in [-0.4, -0.2) is 14.5 Å². The van der Waals surface area contributed by atoms with E-state index in [9.17, 15) is 0 Å². The van der Waals surface area contributed by atoms with E-state index in [0.29, 0.717) is 5.82 Å². The Balaban J connectivity index is 2.19. The second kappa shape index (κ2) is 4.40. The fraction of sp³-hybridized carbons (Fsp3) is 0.133. The van der Waals surface area contributed by atoms with Gasteiger partial charge in [-0.15, -0.1) is 0 Å². The second-order valence-electron chi connectivity index (χ2n) is 4.64. The average molecular weight is 253 g/mol. The number of pyridine rings is 1. The summed E-state index contributed by atoms with van der Waals surface area (Å²) in [5, 5.41) is 9.17. The Labute approximate surface area is 111 Å². The van der Waals surface area contributed by atoms with E-state index in [4.69, 9.17) is 10.8 Å². The van der Waals surface area contributed by atoms with Gasteiger partial charge in [0, 0.05) is 11.8 Å². The molecule has 0 amide bonds. The molecule has 2 heterocycles. The first-order valence-electron chi connectivity index (χ1n) is 6.13. The van der Waals surface area contributed by atoms with Crippen LogP contribution in [0.25, 0.3) is 16.9 Å². The van der Waals surface area contributed by atoms with E-state index in [1.807, 2.05) is 49.5 Å². The SMILES string of the molecule is Cc1ccc(-c2nc3ccc(CO)cn3c2N)cc1. The van der Waals surface area contributed by atoms with E-state index >= 15 is 0 Å². The second-order valence-corrected chi connectivity index (χ2v) is 4.64. The molecule has 2 aromatic heterocycles. The van der Waals surface area contributed by atoms with Gasteiger partial charge in [0.25, 0.3) is 0 Å². The molecule has 0 fully saturated rings. The lowest BCUT2D eigenvalue weighted by Gasteiger charge is -2.01. The molecule has 0 aliphatic carbocycles. The molecule has 0 unspecified atom stereocenters. The van der Waals surface area contributed by atoms with Gasteiger partial charge in [-0.2, -0.15) is 0 Å². The number of aromatic nitrogens is 2. The van der Waals surface area contributed by atoms with Gasteiger partial charge in [0.1, 0.15) is 17.2 Å². The number of nitrogens with two attached hydrogens (primary N) is 1. The summed E-state index contributed by atoms with van der Waals surface area (Å²) in [6.07, 6.45) is 1.81. The first-order chi connectivity index (χ1) is 9.19. The van der Waals surface area contributed by atoms with Gasteiger partial charge in [0.15, 0.2) is 0 Å². The third kappa shape index (κ3) is 1.96. The molecule has 0 atom stereocenters. The number of aliphatic hydroxyl groups excluding tert-OH is 1. The molecule has 1 aromatic carbocycles. The van der Waals surface area contributed by atoms with Gasteiger partial charge < -0.3 is 10.8 Å². The maximum absolute atomic E-state index is 9.17. The molecule has 0 aliphatic rings. The van der Waals surface area contributed by atoms with E-state index in [1.165, 1.54) is 5.56 Å². The Hall–Kier alpha value is -2.33. The molecule has 0 aliphatic heterocycles. The minimum absolute atomic E-state index is 0.00652. The number of nitrogens with zero attached hydrogens (tertiary/aromatic N) is 2. The van der Waals surface area contributed by atoms with Crippen LogP contribution in [0.15, 0.2) is 42.6 Å². The van der Waals surface area contributed by atoms with Crippen LogP contribution in [-0.2, 0) is 6.61 Å². The molecule has 3 aromatic rings. The molecular formula is C15H15N3O. The molecular weight excluding hydrogens is 238 g/mol. The van der Waals surface area contributed by atoms with Crippen LogP contribution in [0.1, 0.15) is 11.1 Å². The number of fused-ring (bicyclic) bond motifs is 1. The van der Waals surface area contributed by atoms with Crippen molar-refractivity contribution in [3.05, 3.63) is 53.7 Å². The van der Waals surface area contributed by atoms with Crippen molar-refractivity contribution in [1.82, 2.24) is 9.38 Å². The minimum Gasteiger partial charge on any atom is -0.392 e. The summed E-state index contributed by atoms with van der Waals surface area (Å²) < 4.78 is 1.81. The molecule has 3 rings (SSSR count).